The molecule has 1 amide bonds. The molecular weight excluding hydrogens is 337 g/mol. The molecule has 1 fully saturated rings. The van der Waals surface area contributed by atoms with Gasteiger partial charge in [0.1, 0.15) is 5.82 Å². The lowest BCUT2D eigenvalue weighted by atomic mass is 9.90. The van der Waals surface area contributed by atoms with Crippen LogP contribution in [0.4, 0.5) is 4.39 Å². The van der Waals surface area contributed by atoms with Gasteiger partial charge in [-0.2, -0.15) is 5.10 Å². The molecule has 1 aromatic carbocycles. The number of carbonyl (C=O) groups excluding carboxylic acids is 1. The molecule has 1 aliphatic carbocycles. The van der Waals surface area contributed by atoms with Gasteiger partial charge in [0.05, 0.1) is 11.1 Å². The molecule has 1 unspecified atom stereocenters. The summed E-state index contributed by atoms with van der Waals surface area (Å²) in [6.45, 7) is 2.25. The summed E-state index contributed by atoms with van der Waals surface area (Å²) in [4.78, 5) is 26.0. The van der Waals surface area contributed by atoms with Crippen molar-refractivity contribution in [3.05, 3.63) is 47.0 Å². The standard InChI is InChI=1S/C19H20FN3O3/c1-19(18(25)26)8-9-22(11-19)17(24)16-14-6-3-7-15(14)23(21-16)13-5-2-4-12(20)10-13/h2,4-5,10H,3,6-9,11H2,1H3,(H,25,26). The van der Waals surface area contributed by atoms with Crippen LogP contribution in [0.1, 0.15) is 41.5 Å². The number of benzene rings is 1. The van der Waals surface area contributed by atoms with E-state index in [9.17, 15) is 19.1 Å². The minimum atomic E-state index is -0.913. The quantitative estimate of drug-likeness (QED) is 0.915. The molecule has 2 aliphatic rings. The molecule has 1 N–H and O–H groups in total. The van der Waals surface area contributed by atoms with Crippen molar-refractivity contribution in [2.45, 2.75) is 32.6 Å². The summed E-state index contributed by atoms with van der Waals surface area (Å²) in [7, 11) is 0. The van der Waals surface area contributed by atoms with Gasteiger partial charge in [-0.1, -0.05) is 6.07 Å². The van der Waals surface area contributed by atoms with Crippen LogP contribution in [0, 0.1) is 11.2 Å². The van der Waals surface area contributed by atoms with Crippen LogP contribution in [0.2, 0.25) is 0 Å². The van der Waals surface area contributed by atoms with Gasteiger partial charge in [-0.05, 0) is 50.8 Å². The van der Waals surface area contributed by atoms with Gasteiger partial charge in [-0.15, -0.1) is 0 Å². The van der Waals surface area contributed by atoms with Crippen LogP contribution in [0.5, 0.6) is 0 Å². The number of nitrogens with zero attached hydrogens (tertiary/aromatic N) is 3. The predicted molar refractivity (Wildman–Crippen MR) is 91.8 cm³/mol. The summed E-state index contributed by atoms with van der Waals surface area (Å²) < 4.78 is 15.3. The third kappa shape index (κ3) is 2.58. The lowest BCUT2D eigenvalue weighted by Crippen LogP contribution is -2.35. The third-order valence-electron chi connectivity index (χ3n) is 5.46. The van der Waals surface area contributed by atoms with Crippen molar-refractivity contribution in [2.24, 2.45) is 5.41 Å². The van der Waals surface area contributed by atoms with Gasteiger partial charge in [0.2, 0.25) is 0 Å². The first-order valence-corrected chi connectivity index (χ1v) is 8.78. The van der Waals surface area contributed by atoms with Gasteiger partial charge >= 0.3 is 5.97 Å². The Morgan fingerprint density at radius 3 is 2.81 bits per heavy atom. The number of hydrogen-bond donors (Lipinski definition) is 1. The maximum atomic E-state index is 13.6. The summed E-state index contributed by atoms with van der Waals surface area (Å²) in [5.74, 6) is -1.47. The van der Waals surface area contributed by atoms with E-state index in [1.165, 1.54) is 12.1 Å². The Balaban J connectivity index is 1.69. The Kier molecular flexibility index (Phi) is 3.82. The lowest BCUT2D eigenvalue weighted by molar-refractivity contribution is -0.147. The summed E-state index contributed by atoms with van der Waals surface area (Å²) in [6, 6.07) is 6.15. The first-order chi connectivity index (χ1) is 12.4. The summed E-state index contributed by atoms with van der Waals surface area (Å²) >= 11 is 0. The largest absolute Gasteiger partial charge is 0.481 e. The highest BCUT2D eigenvalue weighted by Gasteiger charge is 2.43. The van der Waals surface area contributed by atoms with E-state index in [4.69, 9.17) is 0 Å². The van der Waals surface area contributed by atoms with Crippen molar-refractivity contribution in [1.82, 2.24) is 14.7 Å². The minimum Gasteiger partial charge on any atom is -0.481 e. The molecule has 1 saturated heterocycles. The maximum Gasteiger partial charge on any atom is 0.311 e. The average molecular weight is 357 g/mol. The number of carbonyl (C=O) groups is 2. The fraction of sp³-hybridized carbons (Fsp3) is 0.421. The van der Waals surface area contributed by atoms with Crippen molar-refractivity contribution >= 4 is 11.9 Å². The Bertz CT molecular complexity index is 907. The molecule has 7 heteroatoms. The van der Waals surface area contributed by atoms with Crippen LogP contribution in [0.25, 0.3) is 5.69 Å². The van der Waals surface area contributed by atoms with E-state index in [2.05, 4.69) is 5.10 Å². The zero-order chi connectivity index (χ0) is 18.5. The molecule has 1 aliphatic heterocycles. The minimum absolute atomic E-state index is 0.183. The highest BCUT2D eigenvalue weighted by molar-refractivity contribution is 5.95. The number of rotatable bonds is 3. The highest BCUT2D eigenvalue weighted by atomic mass is 19.1. The molecule has 2 aromatic rings. The second kappa shape index (κ2) is 5.93. The fourth-order valence-corrected chi connectivity index (χ4v) is 3.89. The molecule has 136 valence electrons. The zero-order valence-corrected chi connectivity index (χ0v) is 14.5. The number of halogens is 1. The number of aromatic nitrogens is 2. The Hall–Kier alpha value is -2.70. The van der Waals surface area contributed by atoms with Crippen LogP contribution in [0.3, 0.4) is 0 Å². The van der Waals surface area contributed by atoms with Gasteiger partial charge in [0.25, 0.3) is 5.91 Å². The lowest BCUT2D eigenvalue weighted by Gasteiger charge is -2.19. The van der Waals surface area contributed by atoms with Gasteiger partial charge in [0, 0.05) is 24.3 Å². The van der Waals surface area contributed by atoms with Crippen molar-refractivity contribution in [3.63, 3.8) is 0 Å². The third-order valence-corrected chi connectivity index (χ3v) is 5.46. The van der Waals surface area contributed by atoms with E-state index >= 15 is 0 Å². The number of fused-ring (bicyclic) bond motifs is 1. The second-order valence-corrected chi connectivity index (χ2v) is 7.36. The maximum absolute atomic E-state index is 13.6. The summed E-state index contributed by atoms with van der Waals surface area (Å²) in [5.41, 5.74) is 1.90. The molecule has 26 heavy (non-hydrogen) atoms. The SMILES string of the molecule is CC1(C(=O)O)CCN(C(=O)c2nn(-c3cccc(F)c3)c3c2CCC3)C1. The van der Waals surface area contributed by atoms with Crippen LogP contribution in [0.15, 0.2) is 24.3 Å². The molecule has 0 spiro atoms. The molecule has 0 bridgehead atoms. The summed E-state index contributed by atoms with van der Waals surface area (Å²) in [5, 5.41) is 13.9. The van der Waals surface area contributed by atoms with E-state index < -0.39 is 11.4 Å². The second-order valence-electron chi connectivity index (χ2n) is 7.36. The zero-order valence-electron chi connectivity index (χ0n) is 14.5. The van der Waals surface area contributed by atoms with E-state index in [1.807, 2.05) is 0 Å². The van der Waals surface area contributed by atoms with Gasteiger partial charge < -0.3 is 10.0 Å². The summed E-state index contributed by atoms with van der Waals surface area (Å²) in [6.07, 6.45) is 2.91. The number of hydrogen-bond acceptors (Lipinski definition) is 3. The van der Waals surface area contributed by atoms with Crippen molar-refractivity contribution < 1.29 is 19.1 Å². The van der Waals surface area contributed by atoms with Crippen molar-refractivity contribution in [1.29, 1.82) is 0 Å². The van der Waals surface area contributed by atoms with E-state index in [0.29, 0.717) is 24.3 Å². The first kappa shape index (κ1) is 16.8. The van der Waals surface area contributed by atoms with Gasteiger partial charge in [-0.25, -0.2) is 9.07 Å². The number of amides is 1. The smallest absolute Gasteiger partial charge is 0.311 e. The predicted octanol–water partition coefficient (Wildman–Crippen LogP) is 2.44. The highest BCUT2D eigenvalue weighted by Crippen LogP contribution is 2.33. The number of likely N-dealkylation sites (tertiary alicyclic amines) is 1. The Labute approximate surface area is 150 Å². The monoisotopic (exact) mass is 357 g/mol. The van der Waals surface area contributed by atoms with E-state index in [1.54, 1.807) is 28.6 Å². The van der Waals surface area contributed by atoms with Crippen LogP contribution in [-0.2, 0) is 17.6 Å². The molecule has 0 saturated carbocycles. The molecular formula is C19H20FN3O3. The van der Waals surface area contributed by atoms with Crippen molar-refractivity contribution in [2.75, 3.05) is 13.1 Å². The Morgan fingerprint density at radius 1 is 1.31 bits per heavy atom. The fourth-order valence-electron chi connectivity index (χ4n) is 3.89. The molecule has 0 radical (unpaired) electrons. The molecule has 2 heterocycles. The topological polar surface area (TPSA) is 75.4 Å². The number of aliphatic carboxylic acids is 1. The molecule has 1 aromatic heterocycles. The van der Waals surface area contributed by atoms with Gasteiger partial charge in [-0.3, -0.25) is 9.59 Å². The van der Waals surface area contributed by atoms with Crippen LogP contribution < -0.4 is 0 Å². The van der Waals surface area contributed by atoms with Crippen LogP contribution in [-0.4, -0.2) is 44.8 Å². The van der Waals surface area contributed by atoms with Crippen LogP contribution >= 0.6 is 0 Å². The molecule has 4 rings (SSSR count). The van der Waals surface area contributed by atoms with Crippen molar-refractivity contribution in [3.8, 4) is 5.69 Å². The van der Waals surface area contributed by atoms with E-state index in [0.717, 1.165) is 30.5 Å². The number of carboxylic acid groups (broad SMARTS) is 1. The molecule has 6 nitrogen and oxygen atoms in total. The average Bonchev–Trinajstić information content (AvgIpc) is 3.29. The normalized spacial score (nSPS) is 21.8. The number of carboxylic acids is 1. The first-order valence-electron chi connectivity index (χ1n) is 8.78. The van der Waals surface area contributed by atoms with E-state index in [-0.39, 0.29) is 18.3 Å². The Morgan fingerprint density at radius 2 is 2.12 bits per heavy atom. The molecule has 1 atom stereocenters. The van der Waals surface area contributed by atoms with Gasteiger partial charge in [0.15, 0.2) is 5.69 Å².